The lowest BCUT2D eigenvalue weighted by molar-refractivity contribution is 0.0913. The summed E-state index contributed by atoms with van der Waals surface area (Å²) >= 11 is 44.2. The second kappa shape index (κ2) is 15.0. The number of hydrogen-bond acceptors (Lipinski definition) is 4. The van der Waals surface area contributed by atoms with Crippen LogP contribution >= 0.6 is 167 Å². The van der Waals surface area contributed by atoms with Crippen LogP contribution in [0.5, 0.6) is 17.2 Å². The van der Waals surface area contributed by atoms with Gasteiger partial charge in [-0.15, -0.1) is 23.2 Å². The summed E-state index contributed by atoms with van der Waals surface area (Å²) in [5, 5.41) is -0.523. The lowest BCUT2D eigenvalue weighted by Crippen LogP contribution is -2.58. The van der Waals surface area contributed by atoms with E-state index in [0.29, 0.717) is 30.7 Å². The molecule has 0 aliphatic heterocycles. The van der Waals surface area contributed by atoms with E-state index >= 15 is 0 Å². The smallest absolute Gasteiger partial charge is 0.460 e. The van der Waals surface area contributed by atoms with E-state index in [0.717, 1.165) is 26.8 Å². The average Bonchev–Trinajstić information content (AvgIpc) is 2.88. The van der Waals surface area contributed by atoms with Crippen molar-refractivity contribution in [2.45, 2.75) is 5.38 Å². The van der Waals surface area contributed by atoms with Crippen molar-refractivity contribution in [1.82, 2.24) is 0 Å². The number of alkyl halides is 2. The van der Waals surface area contributed by atoms with Gasteiger partial charge in [0.2, 0.25) is 0 Å². The Labute approximate surface area is 300 Å². The van der Waals surface area contributed by atoms with Gasteiger partial charge in [0.25, 0.3) is 0 Å². The Balaban J connectivity index is 2.20. The highest BCUT2D eigenvalue weighted by Crippen LogP contribution is 2.44. The van der Waals surface area contributed by atoms with Crippen LogP contribution in [0.3, 0.4) is 0 Å². The molecule has 0 aliphatic rings. The Hall–Kier alpha value is 2.14. The number of rotatable bonds is 10. The molecule has 0 N–H and O–H groups in total. The molecule has 3 aromatic carbocycles. The highest BCUT2D eigenvalue weighted by molar-refractivity contribution is 9.15. The third-order valence-electron chi connectivity index (χ3n) is 4.31. The van der Waals surface area contributed by atoms with Gasteiger partial charge in [0, 0.05) is 32.7 Å². The van der Waals surface area contributed by atoms with E-state index in [9.17, 15) is 0 Å². The first-order valence-electron chi connectivity index (χ1n) is 9.70. The normalized spacial score (nSPS) is 12.4. The Morgan fingerprint density at radius 3 is 1.19 bits per heavy atom. The fourth-order valence-electron chi connectivity index (χ4n) is 2.55. The molecule has 0 amide bonds. The van der Waals surface area contributed by atoms with Crippen molar-refractivity contribution >= 4 is 176 Å². The van der Waals surface area contributed by atoms with E-state index in [1.807, 2.05) is 18.2 Å². The molecule has 0 spiro atoms. The molecule has 200 valence electrons. The minimum atomic E-state index is -4.15. The van der Waals surface area contributed by atoms with Gasteiger partial charge in [-0.3, -0.25) is 0 Å². The van der Waals surface area contributed by atoms with E-state index < -0.39 is 14.4 Å². The first kappa shape index (κ1) is 33.6. The summed E-state index contributed by atoms with van der Waals surface area (Å²) in [6.45, 7) is -0.00275. The first-order valence-corrected chi connectivity index (χ1v) is 19.4. The first-order chi connectivity index (χ1) is 17.4. The van der Waals surface area contributed by atoms with Crippen molar-refractivity contribution < 1.29 is 17.7 Å². The molecule has 3 rings (SSSR count). The van der Waals surface area contributed by atoms with Gasteiger partial charge in [0.15, 0.2) is 0 Å². The molecule has 4 nitrogen and oxygen atoms in total. The van der Waals surface area contributed by atoms with Gasteiger partial charge in [-0.25, -0.2) is 0 Å². The molecule has 0 fully saturated rings. The van der Waals surface area contributed by atoms with Crippen LogP contribution in [-0.2, 0) is 4.43 Å². The van der Waals surface area contributed by atoms with Gasteiger partial charge in [0.1, 0.15) is 17.2 Å². The zero-order valence-corrected chi connectivity index (χ0v) is 34.5. The summed E-state index contributed by atoms with van der Waals surface area (Å²) in [7, 11) is -4.15. The molecule has 3 aromatic rings. The molecule has 0 saturated heterocycles. The average molecular weight is 1150 g/mol. The van der Waals surface area contributed by atoms with Crippen molar-refractivity contribution in [2.24, 2.45) is 0 Å². The second-order valence-corrected chi connectivity index (χ2v) is 17.0. The molecule has 1 unspecified atom stereocenters. The third kappa shape index (κ3) is 8.59. The quantitative estimate of drug-likeness (QED) is 0.115. The van der Waals surface area contributed by atoms with Crippen molar-refractivity contribution in [3.8, 4) is 17.2 Å². The predicted molar refractivity (Wildman–Crippen MR) is 183 cm³/mol. The van der Waals surface area contributed by atoms with Crippen LogP contribution in [-0.4, -0.2) is 26.9 Å². The van der Waals surface area contributed by atoms with Gasteiger partial charge < -0.3 is 17.7 Å². The van der Waals surface area contributed by atoms with E-state index in [4.69, 9.17) is 40.9 Å². The van der Waals surface area contributed by atoms with Crippen LogP contribution in [0, 0.1) is 0 Å². The lowest BCUT2D eigenvalue weighted by atomic mass is 10.3. The largest absolute Gasteiger partial charge is 0.893 e. The van der Waals surface area contributed by atoms with E-state index in [1.54, 1.807) is 18.2 Å². The SMILES string of the molecule is ClCC(Cl)CO[Si](Oc1ccc(Br)c(Br)c1Br)(Oc1ccc(Br)c(Br)c1Br)Oc1ccc(Br)c(Br)c1Br. The van der Waals surface area contributed by atoms with Gasteiger partial charge in [-0.1, -0.05) is 0 Å². The molecular weight excluding hydrogens is 1130 g/mol. The summed E-state index contributed by atoms with van der Waals surface area (Å²) in [6, 6.07) is 10.8. The van der Waals surface area contributed by atoms with Crippen LogP contribution in [0.15, 0.2) is 76.7 Å². The number of benzene rings is 3. The highest BCUT2D eigenvalue weighted by atomic mass is 79.9. The zero-order chi connectivity index (χ0) is 27.5. The Morgan fingerprint density at radius 2 is 0.892 bits per heavy atom. The van der Waals surface area contributed by atoms with Crippen molar-refractivity contribution in [1.29, 1.82) is 0 Å². The number of hydrogen-bond donors (Lipinski definition) is 0. The molecule has 0 saturated carbocycles. The maximum absolute atomic E-state index is 6.50. The maximum Gasteiger partial charge on any atom is 0.893 e. The topological polar surface area (TPSA) is 36.9 Å². The van der Waals surface area contributed by atoms with Crippen molar-refractivity contribution in [3.63, 3.8) is 0 Å². The Bertz CT molecular complexity index is 1160. The van der Waals surface area contributed by atoms with Crippen LogP contribution < -0.4 is 13.3 Å². The number of halogens is 11. The standard InChI is InChI=1S/C21H11Br9Cl2O4Si/c22-10-1-4-13(19(28)16(10)25)34-37(33-8-9(32)7-31,35-14-5-2-11(23)17(26)20(14)29)36-15-6-3-12(24)18(27)21(15)30/h1-6,9H,7-8H2. The summed E-state index contributed by atoms with van der Waals surface area (Å²) in [5.74, 6) is 1.40. The minimum Gasteiger partial charge on any atom is -0.460 e. The van der Waals surface area contributed by atoms with E-state index in [2.05, 4.69) is 143 Å². The third-order valence-corrected chi connectivity index (χ3v) is 17.1. The van der Waals surface area contributed by atoms with Crippen molar-refractivity contribution in [2.75, 3.05) is 12.5 Å². The van der Waals surface area contributed by atoms with E-state index in [1.165, 1.54) is 0 Å². The monoisotopic (exact) mass is 1140 g/mol. The highest BCUT2D eigenvalue weighted by Gasteiger charge is 2.56. The molecule has 0 bridgehead atoms. The Kier molecular flexibility index (Phi) is 13.7. The summed E-state index contributed by atoms with van der Waals surface area (Å²) in [5.41, 5.74) is 0. The molecule has 37 heavy (non-hydrogen) atoms. The second-order valence-electron chi connectivity index (χ2n) is 6.89. The summed E-state index contributed by atoms with van der Waals surface area (Å²) in [6.07, 6.45) is 0. The fourth-order valence-corrected chi connectivity index (χ4v) is 9.34. The summed E-state index contributed by atoms with van der Waals surface area (Å²) in [4.78, 5) is 0. The molecule has 0 heterocycles. The molecule has 0 aromatic heterocycles. The fraction of sp³-hybridized carbons (Fsp3) is 0.143. The van der Waals surface area contributed by atoms with E-state index in [-0.39, 0.29) is 12.5 Å². The van der Waals surface area contributed by atoms with Crippen molar-refractivity contribution in [3.05, 3.63) is 76.7 Å². The predicted octanol–water partition coefficient (Wildman–Crippen LogP) is 12.4. The lowest BCUT2D eigenvalue weighted by Gasteiger charge is -2.30. The van der Waals surface area contributed by atoms with Gasteiger partial charge in [-0.05, 0) is 180 Å². The van der Waals surface area contributed by atoms with Crippen LogP contribution in [0.25, 0.3) is 0 Å². The van der Waals surface area contributed by atoms with Crippen LogP contribution in [0.4, 0.5) is 0 Å². The Morgan fingerprint density at radius 1 is 0.568 bits per heavy atom. The molecule has 1 atom stereocenters. The minimum absolute atomic E-state index is 0.00275. The van der Waals surface area contributed by atoms with Gasteiger partial charge >= 0.3 is 9.05 Å². The maximum atomic E-state index is 6.50. The molecular formula is C21H11Br9Cl2O4Si. The summed E-state index contributed by atoms with van der Waals surface area (Å²) < 4.78 is 32.3. The van der Waals surface area contributed by atoms with Crippen LogP contribution in [0.1, 0.15) is 0 Å². The molecule has 0 aliphatic carbocycles. The zero-order valence-electron chi connectivity index (χ0n) is 17.7. The van der Waals surface area contributed by atoms with Gasteiger partial charge in [-0.2, -0.15) is 0 Å². The van der Waals surface area contributed by atoms with Crippen LogP contribution in [0.2, 0.25) is 0 Å². The molecule has 0 radical (unpaired) electrons. The van der Waals surface area contributed by atoms with Gasteiger partial charge in [0.05, 0.1) is 25.4 Å². The molecule has 16 heteroatoms.